The number of esters is 1. The molecule has 2 aliphatic carbocycles. The molecule has 1 aliphatic heterocycles. The predicted octanol–water partition coefficient (Wildman–Crippen LogP) is 4.56. The molecule has 6 nitrogen and oxygen atoms in total. The van der Waals surface area contributed by atoms with Crippen LogP contribution >= 0.6 is 0 Å². The lowest BCUT2D eigenvalue weighted by Crippen LogP contribution is -2.56. The number of ether oxygens (including phenoxy) is 1. The van der Waals surface area contributed by atoms with Crippen LogP contribution in [0.1, 0.15) is 56.6 Å². The molecule has 0 bridgehead atoms. The van der Waals surface area contributed by atoms with Crippen molar-refractivity contribution in [2.75, 3.05) is 19.6 Å². The lowest BCUT2D eigenvalue weighted by atomic mass is 9.58. The molecule has 2 saturated carbocycles. The Hall–Kier alpha value is -2.86. The van der Waals surface area contributed by atoms with Gasteiger partial charge in [0.1, 0.15) is 5.75 Å². The van der Waals surface area contributed by atoms with E-state index in [0.717, 1.165) is 50.3 Å². The van der Waals surface area contributed by atoms with E-state index >= 15 is 0 Å². The average Bonchev–Trinajstić information content (AvgIpc) is 3.47. The molecule has 180 valence electrons. The zero-order valence-electron chi connectivity index (χ0n) is 19.9. The third-order valence-corrected chi connectivity index (χ3v) is 7.81. The molecule has 1 aromatic heterocycles. The van der Waals surface area contributed by atoms with Crippen molar-refractivity contribution in [1.29, 1.82) is 0 Å². The van der Waals surface area contributed by atoms with Gasteiger partial charge in [-0.2, -0.15) is 0 Å². The number of piperidine rings is 1. The Balaban J connectivity index is 1.35. The van der Waals surface area contributed by atoms with E-state index < -0.39 is 0 Å². The molecule has 1 aromatic carbocycles. The van der Waals surface area contributed by atoms with Crippen molar-refractivity contribution in [2.24, 2.45) is 11.8 Å². The Kier molecular flexibility index (Phi) is 6.59. The molecule has 6 heteroatoms. The van der Waals surface area contributed by atoms with Crippen LogP contribution in [0.3, 0.4) is 0 Å². The third-order valence-electron chi connectivity index (χ3n) is 7.81. The third kappa shape index (κ3) is 5.27. The van der Waals surface area contributed by atoms with Crippen molar-refractivity contribution in [3.8, 4) is 5.75 Å². The maximum Gasteiger partial charge on any atom is 0.308 e. The summed E-state index contributed by atoms with van der Waals surface area (Å²) in [4.78, 5) is 26.9. The standard InChI is InChI=1S/C28H34N2O4/c1-20(31)34-26-4-2-3-23(15-26)28-12-13-30(17-21-5-6-21)18-24(28)8-9-25(16-28)29-27(32)10-7-22-11-14-33-19-22/h2-4,7,10-11,14-15,19,21,24-25H,5-6,8-9,12-13,16-18H2,1H3,(H,29,32)/b10-7+/t24-,25+,28+/m1/s1. The Morgan fingerprint density at radius 1 is 1.24 bits per heavy atom. The highest BCUT2D eigenvalue weighted by Gasteiger charge is 2.48. The van der Waals surface area contributed by atoms with Crippen molar-refractivity contribution in [2.45, 2.75) is 56.9 Å². The molecule has 1 N–H and O–H groups in total. The van der Waals surface area contributed by atoms with E-state index in [9.17, 15) is 9.59 Å². The number of likely N-dealkylation sites (tertiary alicyclic amines) is 1. The second kappa shape index (κ2) is 9.79. The van der Waals surface area contributed by atoms with E-state index in [1.54, 1.807) is 24.7 Å². The van der Waals surface area contributed by atoms with Crippen molar-refractivity contribution >= 4 is 18.0 Å². The molecule has 0 spiro atoms. The Bertz CT molecular complexity index is 1040. The van der Waals surface area contributed by atoms with Gasteiger partial charge in [-0.1, -0.05) is 12.1 Å². The zero-order valence-corrected chi connectivity index (χ0v) is 19.9. The number of nitrogens with one attached hydrogen (secondary N) is 1. The highest BCUT2D eigenvalue weighted by atomic mass is 16.5. The van der Waals surface area contributed by atoms with E-state index in [0.29, 0.717) is 11.7 Å². The second-order valence-electron chi connectivity index (χ2n) is 10.3. The molecule has 1 saturated heterocycles. The molecule has 2 aromatic rings. The van der Waals surface area contributed by atoms with Gasteiger partial charge in [0.2, 0.25) is 5.91 Å². The number of benzene rings is 1. The smallest absolute Gasteiger partial charge is 0.308 e. The van der Waals surface area contributed by atoms with Gasteiger partial charge in [-0.15, -0.1) is 0 Å². The fourth-order valence-electron chi connectivity index (χ4n) is 6.00. The molecular weight excluding hydrogens is 428 g/mol. The molecular formula is C28H34N2O4. The number of nitrogens with zero attached hydrogens (tertiary/aromatic N) is 1. The summed E-state index contributed by atoms with van der Waals surface area (Å²) in [5, 5.41) is 3.25. The van der Waals surface area contributed by atoms with E-state index in [2.05, 4.69) is 16.3 Å². The highest BCUT2D eigenvalue weighted by Crippen LogP contribution is 2.50. The highest BCUT2D eigenvalue weighted by molar-refractivity contribution is 5.91. The fourth-order valence-corrected chi connectivity index (χ4v) is 6.00. The number of carbonyl (C=O) groups is 2. The molecule has 3 fully saturated rings. The summed E-state index contributed by atoms with van der Waals surface area (Å²) in [6.07, 6.45) is 13.4. The van der Waals surface area contributed by atoms with Crippen molar-refractivity contribution in [1.82, 2.24) is 10.2 Å². The maximum atomic E-state index is 12.7. The van der Waals surface area contributed by atoms with Crippen LogP contribution in [0.5, 0.6) is 5.75 Å². The maximum absolute atomic E-state index is 12.7. The normalized spacial score (nSPS) is 27.3. The van der Waals surface area contributed by atoms with Crippen LogP contribution < -0.4 is 10.1 Å². The summed E-state index contributed by atoms with van der Waals surface area (Å²) < 4.78 is 10.5. The first-order valence-electron chi connectivity index (χ1n) is 12.5. The molecule has 0 unspecified atom stereocenters. The van der Waals surface area contributed by atoms with E-state index in [1.807, 2.05) is 24.3 Å². The predicted molar refractivity (Wildman–Crippen MR) is 130 cm³/mol. The van der Waals surface area contributed by atoms with Crippen LogP contribution in [0, 0.1) is 11.8 Å². The molecule has 2 heterocycles. The molecule has 5 rings (SSSR count). The van der Waals surface area contributed by atoms with Crippen molar-refractivity contribution in [3.63, 3.8) is 0 Å². The Labute approximate surface area is 201 Å². The van der Waals surface area contributed by atoms with Gasteiger partial charge in [0.05, 0.1) is 12.5 Å². The van der Waals surface area contributed by atoms with Crippen LogP contribution in [-0.2, 0) is 15.0 Å². The van der Waals surface area contributed by atoms with Gasteiger partial charge < -0.3 is 19.4 Å². The van der Waals surface area contributed by atoms with Crippen molar-refractivity contribution in [3.05, 3.63) is 60.1 Å². The van der Waals surface area contributed by atoms with Crippen LogP contribution in [0.4, 0.5) is 0 Å². The average molecular weight is 463 g/mol. The molecule has 3 aliphatic rings. The molecule has 0 radical (unpaired) electrons. The van der Waals surface area contributed by atoms with Crippen LogP contribution in [-0.4, -0.2) is 42.5 Å². The topological polar surface area (TPSA) is 71.8 Å². The Morgan fingerprint density at radius 2 is 2.12 bits per heavy atom. The first-order chi connectivity index (χ1) is 16.5. The van der Waals surface area contributed by atoms with E-state index in [4.69, 9.17) is 9.15 Å². The monoisotopic (exact) mass is 462 g/mol. The lowest BCUT2D eigenvalue weighted by Gasteiger charge is -2.53. The number of fused-ring (bicyclic) bond motifs is 1. The number of hydrogen-bond donors (Lipinski definition) is 1. The minimum atomic E-state index is -0.302. The SMILES string of the molecule is CC(=O)Oc1cccc([C@@]23CCN(CC4CC4)C[C@H]2CC[C@H](NC(=O)/C=C/c2ccoc2)C3)c1. The number of hydrogen-bond acceptors (Lipinski definition) is 5. The summed E-state index contributed by atoms with van der Waals surface area (Å²) in [7, 11) is 0. The fraction of sp³-hybridized carbons (Fsp3) is 0.500. The number of rotatable bonds is 7. The van der Waals surface area contributed by atoms with Gasteiger partial charge in [0.25, 0.3) is 0 Å². The van der Waals surface area contributed by atoms with Crippen LogP contribution in [0.2, 0.25) is 0 Å². The first kappa shape index (κ1) is 22.9. The lowest BCUT2D eigenvalue weighted by molar-refractivity contribution is -0.131. The van der Waals surface area contributed by atoms with Gasteiger partial charge in [-0.3, -0.25) is 9.59 Å². The summed E-state index contributed by atoms with van der Waals surface area (Å²) >= 11 is 0. The molecule has 3 atom stereocenters. The minimum Gasteiger partial charge on any atom is -0.472 e. The number of furan rings is 1. The second-order valence-corrected chi connectivity index (χ2v) is 10.3. The van der Waals surface area contributed by atoms with Gasteiger partial charge in [0.15, 0.2) is 0 Å². The number of carbonyl (C=O) groups excluding carboxylic acids is 2. The summed E-state index contributed by atoms with van der Waals surface area (Å²) in [5.41, 5.74) is 2.08. The van der Waals surface area contributed by atoms with E-state index in [1.165, 1.54) is 31.9 Å². The molecule has 34 heavy (non-hydrogen) atoms. The largest absolute Gasteiger partial charge is 0.472 e. The van der Waals surface area contributed by atoms with Gasteiger partial charge in [-0.25, -0.2) is 0 Å². The van der Waals surface area contributed by atoms with Crippen molar-refractivity contribution < 1.29 is 18.7 Å². The summed E-state index contributed by atoms with van der Waals surface area (Å²) in [5.74, 6) is 1.65. The Morgan fingerprint density at radius 3 is 2.88 bits per heavy atom. The minimum absolute atomic E-state index is 0.0271. The van der Waals surface area contributed by atoms with Gasteiger partial charge in [0, 0.05) is 43.1 Å². The van der Waals surface area contributed by atoms with Crippen LogP contribution in [0.15, 0.2) is 53.4 Å². The molecule has 1 amide bonds. The first-order valence-corrected chi connectivity index (χ1v) is 12.5. The summed E-state index contributed by atoms with van der Waals surface area (Å²) in [6, 6.07) is 10.0. The van der Waals surface area contributed by atoms with Gasteiger partial charge in [-0.05, 0) is 86.7 Å². The quantitative estimate of drug-likeness (QED) is 0.371. The van der Waals surface area contributed by atoms with Gasteiger partial charge >= 0.3 is 5.97 Å². The van der Waals surface area contributed by atoms with Crippen LogP contribution in [0.25, 0.3) is 6.08 Å². The van der Waals surface area contributed by atoms with E-state index in [-0.39, 0.29) is 23.3 Å². The zero-order chi connectivity index (χ0) is 23.5. The number of amides is 1. The summed E-state index contributed by atoms with van der Waals surface area (Å²) in [6.45, 7) is 4.84.